The zero-order chi connectivity index (χ0) is 10.7. The van der Waals surface area contributed by atoms with Gasteiger partial charge in [-0.3, -0.25) is 4.79 Å². The molecule has 0 spiro atoms. The fourth-order valence-electron chi connectivity index (χ4n) is 2.09. The highest BCUT2D eigenvalue weighted by Gasteiger charge is 2.22. The average molecular weight is 209 g/mol. The first-order valence-electron chi connectivity index (χ1n) is 5.26. The van der Waals surface area contributed by atoms with Gasteiger partial charge in [-0.05, 0) is 24.0 Å². The third-order valence-electron chi connectivity index (χ3n) is 2.89. The number of rotatable bonds is 3. The van der Waals surface area contributed by atoms with Crippen LogP contribution in [0.1, 0.15) is 36.3 Å². The Morgan fingerprint density at radius 2 is 2.27 bits per heavy atom. The van der Waals surface area contributed by atoms with Crippen LogP contribution in [0.2, 0.25) is 0 Å². The molecular weight excluding hydrogens is 194 g/mol. The molecule has 1 N–H and O–H groups in total. The summed E-state index contributed by atoms with van der Waals surface area (Å²) in [4.78, 5) is 13.4. The van der Waals surface area contributed by atoms with Crippen LogP contribution in [0.5, 0.6) is 0 Å². The van der Waals surface area contributed by atoms with Gasteiger partial charge in [-0.1, -0.05) is 12.8 Å². The molecule has 1 fully saturated rings. The van der Waals surface area contributed by atoms with E-state index in [4.69, 9.17) is 0 Å². The quantitative estimate of drug-likeness (QED) is 0.784. The van der Waals surface area contributed by atoms with Crippen LogP contribution in [0.3, 0.4) is 0 Å². The summed E-state index contributed by atoms with van der Waals surface area (Å²) in [5.41, 5.74) is 0. The number of hydrogen-bond acceptors (Lipinski definition) is 4. The molecule has 6 heteroatoms. The van der Waals surface area contributed by atoms with Gasteiger partial charge in [0.25, 0.3) is 11.7 Å². The minimum Gasteiger partial charge on any atom is -0.339 e. The van der Waals surface area contributed by atoms with Crippen LogP contribution in [0.25, 0.3) is 0 Å². The third kappa shape index (κ3) is 2.31. The highest BCUT2D eigenvalue weighted by atomic mass is 16.2. The summed E-state index contributed by atoms with van der Waals surface area (Å²) in [5, 5.41) is 13.0. The van der Waals surface area contributed by atoms with Crippen LogP contribution in [0.4, 0.5) is 0 Å². The van der Waals surface area contributed by atoms with Gasteiger partial charge in [0.05, 0.1) is 0 Å². The fourth-order valence-corrected chi connectivity index (χ4v) is 2.09. The average Bonchev–Trinajstić information content (AvgIpc) is 2.88. The lowest BCUT2D eigenvalue weighted by Gasteiger charge is -2.19. The Hall–Kier alpha value is -1.46. The molecule has 82 valence electrons. The van der Waals surface area contributed by atoms with Crippen LogP contribution in [0, 0.1) is 5.92 Å². The number of aromatic nitrogens is 4. The maximum atomic E-state index is 11.7. The zero-order valence-electron chi connectivity index (χ0n) is 8.81. The largest absolute Gasteiger partial charge is 0.339 e. The summed E-state index contributed by atoms with van der Waals surface area (Å²) >= 11 is 0. The summed E-state index contributed by atoms with van der Waals surface area (Å²) in [6.07, 6.45) is 5.03. The first-order valence-corrected chi connectivity index (χ1v) is 5.26. The summed E-state index contributed by atoms with van der Waals surface area (Å²) in [6.45, 7) is 0.799. The second kappa shape index (κ2) is 4.37. The Bertz CT molecular complexity index is 317. The van der Waals surface area contributed by atoms with Gasteiger partial charge in [-0.2, -0.15) is 5.21 Å². The molecule has 15 heavy (non-hydrogen) atoms. The molecule has 0 bridgehead atoms. The standard InChI is InChI=1S/C9H15N5O/c1-14(6-7-4-2-3-5-7)9(15)8-10-12-13-11-8/h7H,2-6H2,1H3,(H,10,11,12,13). The summed E-state index contributed by atoms with van der Waals surface area (Å²) in [6, 6.07) is 0. The fraction of sp³-hybridized carbons (Fsp3) is 0.778. The number of amides is 1. The van der Waals surface area contributed by atoms with Gasteiger partial charge in [0.1, 0.15) is 0 Å². The van der Waals surface area contributed by atoms with Crippen molar-refractivity contribution in [2.45, 2.75) is 25.7 Å². The van der Waals surface area contributed by atoms with Crippen molar-refractivity contribution in [3.05, 3.63) is 5.82 Å². The number of tetrazole rings is 1. The van der Waals surface area contributed by atoms with Crippen LogP contribution >= 0.6 is 0 Å². The Labute approximate surface area is 88.0 Å². The SMILES string of the molecule is CN(CC1CCCC1)C(=O)c1nn[nH]n1. The van der Waals surface area contributed by atoms with E-state index in [2.05, 4.69) is 20.6 Å². The van der Waals surface area contributed by atoms with E-state index in [1.165, 1.54) is 25.7 Å². The molecule has 0 saturated heterocycles. The van der Waals surface area contributed by atoms with Gasteiger partial charge >= 0.3 is 0 Å². The lowest BCUT2D eigenvalue weighted by Crippen LogP contribution is -2.31. The highest BCUT2D eigenvalue weighted by Crippen LogP contribution is 2.25. The number of nitrogens with zero attached hydrogens (tertiary/aromatic N) is 4. The van der Waals surface area contributed by atoms with Gasteiger partial charge < -0.3 is 4.90 Å². The minimum absolute atomic E-state index is 0.149. The number of carbonyl (C=O) groups excluding carboxylic acids is 1. The van der Waals surface area contributed by atoms with Crippen molar-refractivity contribution in [3.63, 3.8) is 0 Å². The Balaban J connectivity index is 1.90. The molecule has 0 radical (unpaired) electrons. The molecule has 6 nitrogen and oxygen atoms in total. The number of carbonyl (C=O) groups is 1. The van der Waals surface area contributed by atoms with Crippen molar-refractivity contribution in [1.82, 2.24) is 25.5 Å². The maximum Gasteiger partial charge on any atom is 0.295 e. The van der Waals surface area contributed by atoms with Crippen LogP contribution in [-0.2, 0) is 0 Å². The molecule has 1 heterocycles. The number of hydrogen-bond donors (Lipinski definition) is 1. The summed E-state index contributed by atoms with van der Waals surface area (Å²) < 4.78 is 0. The molecule has 1 aromatic rings. The molecule has 1 saturated carbocycles. The molecule has 1 aliphatic rings. The van der Waals surface area contributed by atoms with Gasteiger partial charge in [0.2, 0.25) is 0 Å². The molecule has 0 atom stereocenters. The van der Waals surface area contributed by atoms with Gasteiger partial charge in [-0.15, -0.1) is 10.2 Å². The van der Waals surface area contributed by atoms with E-state index >= 15 is 0 Å². The number of nitrogens with one attached hydrogen (secondary N) is 1. The molecule has 1 amide bonds. The predicted molar refractivity (Wildman–Crippen MR) is 53.1 cm³/mol. The van der Waals surface area contributed by atoms with E-state index in [0.717, 1.165) is 6.54 Å². The van der Waals surface area contributed by atoms with Crippen molar-refractivity contribution in [2.75, 3.05) is 13.6 Å². The van der Waals surface area contributed by atoms with E-state index in [-0.39, 0.29) is 11.7 Å². The molecule has 0 unspecified atom stereocenters. The second-order valence-corrected chi connectivity index (χ2v) is 4.07. The first kappa shape index (κ1) is 10.1. The first-order chi connectivity index (χ1) is 7.27. The van der Waals surface area contributed by atoms with Gasteiger partial charge in [0.15, 0.2) is 0 Å². The van der Waals surface area contributed by atoms with E-state index < -0.39 is 0 Å². The molecule has 0 aromatic carbocycles. The molecular formula is C9H15N5O. The van der Waals surface area contributed by atoms with Crippen LogP contribution in [0.15, 0.2) is 0 Å². The maximum absolute atomic E-state index is 11.7. The number of aromatic amines is 1. The topological polar surface area (TPSA) is 74.8 Å². The van der Waals surface area contributed by atoms with Gasteiger partial charge in [0, 0.05) is 13.6 Å². The van der Waals surface area contributed by atoms with Crippen molar-refractivity contribution >= 4 is 5.91 Å². The second-order valence-electron chi connectivity index (χ2n) is 4.07. The highest BCUT2D eigenvalue weighted by molar-refractivity contribution is 5.89. The van der Waals surface area contributed by atoms with Crippen molar-refractivity contribution in [1.29, 1.82) is 0 Å². The van der Waals surface area contributed by atoms with Crippen LogP contribution < -0.4 is 0 Å². The van der Waals surface area contributed by atoms with E-state index in [9.17, 15) is 4.79 Å². The third-order valence-corrected chi connectivity index (χ3v) is 2.89. The van der Waals surface area contributed by atoms with E-state index in [1.54, 1.807) is 11.9 Å². The zero-order valence-corrected chi connectivity index (χ0v) is 8.81. The number of H-pyrrole nitrogens is 1. The van der Waals surface area contributed by atoms with E-state index in [0.29, 0.717) is 5.92 Å². The normalized spacial score (nSPS) is 16.9. The van der Waals surface area contributed by atoms with E-state index in [1.807, 2.05) is 0 Å². The monoisotopic (exact) mass is 209 g/mol. The Morgan fingerprint density at radius 3 is 2.87 bits per heavy atom. The Kier molecular flexibility index (Phi) is 2.94. The summed E-state index contributed by atoms with van der Waals surface area (Å²) in [5.74, 6) is 0.636. The molecule has 2 rings (SSSR count). The van der Waals surface area contributed by atoms with Crippen molar-refractivity contribution < 1.29 is 4.79 Å². The summed E-state index contributed by atoms with van der Waals surface area (Å²) in [7, 11) is 1.79. The minimum atomic E-state index is -0.157. The molecule has 0 aliphatic heterocycles. The Morgan fingerprint density at radius 1 is 1.53 bits per heavy atom. The smallest absolute Gasteiger partial charge is 0.295 e. The molecule has 1 aromatic heterocycles. The van der Waals surface area contributed by atoms with Crippen molar-refractivity contribution in [2.24, 2.45) is 5.92 Å². The van der Waals surface area contributed by atoms with Gasteiger partial charge in [-0.25, -0.2) is 0 Å². The predicted octanol–water partition coefficient (Wildman–Crippen LogP) is 0.462. The molecule has 1 aliphatic carbocycles. The lowest BCUT2D eigenvalue weighted by atomic mass is 10.1. The lowest BCUT2D eigenvalue weighted by molar-refractivity contribution is 0.0761. The van der Waals surface area contributed by atoms with Crippen LogP contribution in [-0.4, -0.2) is 45.0 Å². The van der Waals surface area contributed by atoms with Crippen molar-refractivity contribution in [3.8, 4) is 0 Å².